The van der Waals surface area contributed by atoms with E-state index in [1.54, 1.807) is 48.5 Å². The third-order valence-electron chi connectivity index (χ3n) is 5.65. The van der Waals surface area contributed by atoms with Crippen molar-refractivity contribution in [2.45, 2.75) is 20.0 Å². The Balaban J connectivity index is 1.42. The van der Waals surface area contributed by atoms with Gasteiger partial charge in [0.15, 0.2) is 0 Å². The Hall–Kier alpha value is -3.84. The van der Waals surface area contributed by atoms with Gasteiger partial charge in [0.1, 0.15) is 5.75 Å². The van der Waals surface area contributed by atoms with Crippen molar-refractivity contribution in [1.82, 2.24) is 5.32 Å². The zero-order chi connectivity index (χ0) is 24.8. The van der Waals surface area contributed by atoms with Crippen LogP contribution in [0, 0.1) is 0 Å². The highest BCUT2D eigenvalue weighted by Crippen LogP contribution is 2.24. The number of nitrogens with zero attached hydrogens (tertiary/aromatic N) is 1. The second-order valence-electron chi connectivity index (χ2n) is 8.26. The topological polar surface area (TPSA) is 75.7 Å². The van der Waals surface area contributed by atoms with E-state index in [-0.39, 0.29) is 12.5 Å². The van der Waals surface area contributed by atoms with Crippen LogP contribution in [0.2, 0.25) is 0 Å². The van der Waals surface area contributed by atoms with E-state index in [0.29, 0.717) is 30.2 Å². The summed E-state index contributed by atoms with van der Waals surface area (Å²) in [6, 6.07) is 28.1. The standard InChI is InChI=1S/C28H28N2O4S/c1-3-34-27-16-14-26(15-17-27)30(35(2,32)33)20-21-8-12-24(13-9-21)28(31)29-19-22-10-11-23-6-4-5-7-25(23)18-22/h4-18H,3,19-20H2,1-2H3,(H,29,31). The summed E-state index contributed by atoms with van der Waals surface area (Å²) in [4.78, 5) is 12.7. The van der Waals surface area contributed by atoms with Crippen molar-refractivity contribution in [3.8, 4) is 5.75 Å². The summed E-state index contributed by atoms with van der Waals surface area (Å²) in [7, 11) is -3.51. The van der Waals surface area contributed by atoms with Crippen LogP contribution in [-0.2, 0) is 23.1 Å². The fourth-order valence-corrected chi connectivity index (χ4v) is 4.72. The van der Waals surface area contributed by atoms with Crippen molar-refractivity contribution in [3.63, 3.8) is 0 Å². The highest BCUT2D eigenvalue weighted by Gasteiger charge is 2.18. The van der Waals surface area contributed by atoms with Gasteiger partial charge in [-0.05, 0) is 71.3 Å². The second kappa shape index (κ2) is 10.6. The van der Waals surface area contributed by atoms with Gasteiger partial charge in [0.05, 0.1) is 25.1 Å². The van der Waals surface area contributed by atoms with Crippen LogP contribution in [0.3, 0.4) is 0 Å². The molecular formula is C28H28N2O4S. The molecule has 0 radical (unpaired) electrons. The van der Waals surface area contributed by atoms with Crippen LogP contribution in [0.15, 0.2) is 91.0 Å². The lowest BCUT2D eigenvalue weighted by molar-refractivity contribution is 0.0951. The van der Waals surface area contributed by atoms with E-state index in [1.807, 2.05) is 37.3 Å². The highest BCUT2D eigenvalue weighted by molar-refractivity contribution is 7.92. The predicted molar refractivity (Wildman–Crippen MR) is 140 cm³/mol. The molecule has 0 saturated heterocycles. The van der Waals surface area contributed by atoms with Crippen molar-refractivity contribution >= 4 is 32.4 Å². The maximum Gasteiger partial charge on any atom is 0.251 e. The number of ether oxygens (including phenoxy) is 1. The van der Waals surface area contributed by atoms with Crippen LogP contribution in [0.4, 0.5) is 5.69 Å². The summed E-state index contributed by atoms with van der Waals surface area (Å²) < 4.78 is 31.7. The molecule has 0 atom stereocenters. The number of nitrogens with one attached hydrogen (secondary N) is 1. The zero-order valence-electron chi connectivity index (χ0n) is 19.8. The molecule has 35 heavy (non-hydrogen) atoms. The Morgan fingerprint density at radius 3 is 2.17 bits per heavy atom. The van der Waals surface area contributed by atoms with Crippen molar-refractivity contribution in [2.75, 3.05) is 17.2 Å². The first-order valence-electron chi connectivity index (χ1n) is 11.4. The van der Waals surface area contributed by atoms with E-state index in [9.17, 15) is 13.2 Å². The van der Waals surface area contributed by atoms with Crippen LogP contribution < -0.4 is 14.4 Å². The lowest BCUT2D eigenvalue weighted by Crippen LogP contribution is -2.29. The third-order valence-corrected chi connectivity index (χ3v) is 6.79. The third kappa shape index (κ3) is 6.19. The van der Waals surface area contributed by atoms with E-state index in [1.165, 1.54) is 10.6 Å². The van der Waals surface area contributed by atoms with Gasteiger partial charge in [-0.2, -0.15) is 0 Å². The normalized spacial score (nSPS) is 11.3. The first-order chi connectivity index (χ1) is 16.8. The van der Waals surface area contributed by atoms with Crippen molar-refractivity contribution in [1.29, 1.82) is 0 Å². The largest absolute Gasteiger partial charge is 0.494 e. The number of fused-ring (bicyclic) bond motifs is 1. The van der Waals surface area contributed by atoms with Gasteiger partial charge in [-0.3, -0.25) is 9.10 Å². The van der Waals surface area contributed by atoms with Gasteiger partial charge in [-0.15, -0.1) is 0 Å². The van der Waals surface area contributed by atoms with Gasteiger partial charge in [0.2, 0.25) is 10.0 Å². The van der Waals surface area contributed by atoms with Crippen LogP contribution in [0.1, 0.15) is 28.4 Å². The maximum atomic E-state index is 12.7. The second-order valence-corrected chi connectivity index (χ2v) is 10.2. The number of carbonyl (C=O) groups excluding carboxylic acids is 1. The average Bonchev–Trinajstić information content (AvgIpc) is 2.86. The van der Waals surface area contributed by atoms with E-state index >= 15 is 0 Å². The fourth-order valence-electron chi connectivity index (χ4n) is 3.84. The maximum absolute atomic E-state index is 12.7. The van der Waals surface area contributed by atoms with Crippen LogP contribution in [0.5, 0.6) is 5.75 Å². The molecule has 7 heteroatoms. The van der Waals surface area contributed by atoms with Crippen LogP contribution >= 0.6 is 0 Å². The van der Waals surface area contributed by atoms with E-state index in [0.717, 1.165) is 21.9 Å². The van der Waals surface area contributed by atoms with Gasteiger partial charge in [0.25, 0.3) is 5.91 Å². The molecule has 0 spiro atoms. The summed E-state index contributed by atoms with van der Waals surface area (Å²) in [5.74, 6) is 0.500. The SMILES string of the molecule is CCOc1ccc(N(Cc2ccc(C(=O)NCc3ccc4ccccc4c3)cc2)S(C)(=O)=O)cc1. The molecule has 0 unspecified atom stereocenters. The minimum absolute atomic E-state index is 0.159. The van der Waals surface area contributed by atoms with E-state index < -0.39 is 10.0 Å². The average molecular weight is 489 g/mol. The molecular weight excluding hydrogens is 460 g/mol. The molecule has 4 aromatic rings. The Kier molecular flexibility index (Phi) is 7.36. The summed E-state index contributed by atoms with van der Waals surface area (Å²) in [6.07, 6.45) is 1.18. The Morgan fingerprint density at radius 2 is 1.51 bits per heavy atom. The number of carbonyl (C=O) groups is 1. The number of sulfonamides is 1. The van der Waals surface area contributed by atoms with Gasteiger partial charge in [-0.25, -0.2) is 8.42 Å². The number of hydrogen-bond donors (Lipinski definition) is 1. The van der Waals surface area contributed by atoms with Crippen LogP contribution in [0.25, 0.3) is 10.8 Å². The van der Waals surface area contributed by atoms with E-state index in [4.69, 9.17) is 4.74 Å². The van der Waals surface area contributed by atoms with E-state index in [2.05, 4.69) is 17.4 Å². The summed E-state index contributed by atoms with van der Waals surface area (Å²) >= 11 is 0. The first-order valence-corrected chi connectivity index (χ1v) is 13.2. The Labute approximate surface area is 206 Å². The van der Waals surface area contributed by atoms with Crippen LogP contribution in [-0.4, -0.2) is 27.2 Å². The van der Waals surface area contributed by atoms with Crippen molar-refractivity contribution in [2.24, 2.45) is 0 Å². The predicted octanol–water partition coefficient (Wildman–Crippen LogP) is 5.13. The Bertz CT molecular complexity index is 1420. The smallest absolute Gasteiger partial charge is 0.251 e. The number of rotatable bonds is 9. The summed E-state index contributed by atoms with van der Waals surface area (Å²) in [5, 5.41) is 5.24. The molecule has 4 rings (SSSR count). The molecule has 0 heterocycles. The minimum Gasteiger partial charge on any atom is -0.494 e. The molecule has 0 bridgehead atoms. The first kappa shape index (κ1) is 24.3. The quantitative estimate of drug-likeness (QED) is 0.354. The summed E-state index contributed by atoms with van der Waals surface area (Å²) in [5.41, 5.74) is 2.86. The molecule has 4 aromatic carbocycles. The lowest BCUT2D eigenvalue weighted by atomic mass is 10.1. The van der Waals surface area contributed by atoms with Gasteiger partial charge < -0.3 is 10.1 Å². The number of amides is 1. The van der Waals surface area contributed by atoms with Gasteiger partial charge in [0, 0.05) is 12.1 Å². The molecule has 0 aromatic heterocycles. The molecule has 6 nitrogen and oxygen atoms in total. The molecule has 0 fully saturated rings. The lowest BCUT2D eigenvalue weighted by Gasteiger charge is -2.23. The fraction of sp³-hybridized carbons (Fsp3) is 0.179. The number of anilines is 1. The molecule has 180 valence electrons. The molecule has 0 saturated carbocycles. The molecule has 1 N–H and O–H groups in total. The van der Waals surface area contributed by atoms with Crippen molar-refractivity contribution in [3.05, 3.63) is 108 Å². The molecule has 0 aliphatic carbocycles. The molecule has 0 aliphatic heterocycles. The Morgan fingerprint density at radius 1 is 0.857 bits per heavy atom. The zero-order valence-corrected chi connectivity index (χ0v) is 20.6. The minimum atomic E-state index is -3.51. The number of benzene rings is 4. The molecule has 0 aliphatic rings. The summed E-state index contributed by atoms with van der Waals surface area (Å²) in [6.45, 7) is 3.01. The highest BCUT2D eigenvalue weighted by atomic mass is 32.2. The van der Waals surface area contributed by atoms with Gasteiger partial charge in [-0.1, -0.05) is 48.5 Å². The molecule has 1 amide bonds. The van der Waals surface area contributed by atoms with Crippen molar-refractivity contribution < 1.29 is 17.9 Å². The van der Waals surface area contributed by atoms with Gasteiger partial charge >= 0.3 is 0 Å². The number of hydrogen-bond acceptors (Lipinski definition) is 4. The monoisotopic (exact) mass is 488 g/mol.